The van der Waals surface area contributed by atoms with E-state index in [0.717, 1.165) is 13.0 Å². The lowest BCUT2D eigenvalue weighted by Crippen LogP contribution is -1.99. The van der Waals surface area contributed by atoms with Crippen molar-refractivity contribution in [3.63, 3.8) is 0 Å². The number of nitrogens with one attached hydrogen (secondary N) is 1. The highest BCUT2D eigenvalue weighted by atomic mass is 19.3. The van der Waals surface area contributed by atoms with Crippen molar-refractivity contribution in [3.8, 4) is 5.75 Å². The van der Waals surface area contributed by atoms with Gasteiger partial charge in [0, 0.05) is 6.54 Å². The number of anilines is 1. The van der Waals surface area contributed by atoms with Crippen LogP contribution in [-0.2, 0) is 0 Å². The minimum Gasteiger partial charge on any atom is -0.491 e. The SMILES string of the molecule is FC(F)c1cccc2c1OCCCN2. The van der Waals surface area contributed by atoms with Crippen LogP contribution < -0.4 is 10.1 Å². The van der Waals surface area contributed by atoms with Gasteiger partial charge in [-0.25, -0.2) is 8.78 Å². The molecule has 1 aromatic rings. The van der Waals surface area contributed by atoms with Crippen molar-refractivity contribution in [1.29, 1.82) is 0 Å². The number of hydrogen-bond acceptors (Lipinski definition) is 2. The Hall–Kier alpha value is -1.32. The summed E-state index contributed by atoms with van der Waals surface area (Å²) >= 11 is 0. The molecule has 0 amide bonds. The summed E-state index contributed by atoms with van der Waals surface area (Å²) in [5.74, 6) is 0.306. The number of hydrogen-bond donors (Lipinski definition) is 1. The minimum absolute atomic E-state index is 0.0306. The highest BCUT2D eigenvalue weighted by Crippen LogP contribution is 2.36. The van der Waals surface area contributed by atoms with E-state index >= 15 is 0 Å². The van der Waals surface area contributed by atoms with E-state index in [-0.39, 0.29) is 5.56 Å². The molecule has 0 saturated heterocycles. The predicted molar refractivity (Wildman–Crippen MR) is 50.0 cm³/mol. The highest BCUT2D eigenvalue weighted by molar-refractivity contribution is 5.61. The Morgan fingerprint density at radius 2 is 2.21 bits per heavy atom. The Kier molecular flexibility index (Phi) is 2.52. The van der Waals surface area contributed by atoms with Gasteiger partial charge in [-0.05, 0) is 18.6 Å². The number of rotatable bonds is 1. The maximum Gasteiger partial charge on any atom is 0.267 e. The third-order valence-corrected chi connectivity index (χ3v) is 2.16. The molecule has 0 bridgehead atoms. The summed E-state index contributed by atoms with van der Waals surface area (Å²) in [6, 6.07) is 4.77. The molecular formula is C10H11F2NO. The Balaban J connectivity index is 2.42. The summed E-state index contributed by atoms with van der Waals surface area (Å²) in [7, 11) is 0. The lowest BCUT2D eigenvalue weighted by molar-refractivity contribution is 0.145. The maximum atomic E-state index is 12.6. The van der Waals surface area contributed by atoms with Gasteiger partial charge in [-0.1, -0.05) is 6.07 Å². The molecule has 76 valence electrons. The smallest absolute Gasteiger partial charge is 0.267 e. The average Bonchev–Trinajstić information content (AvgIpc) is 2.41. The quantitative estimate of drug-likeness (QED) is 0.750. The van der Waals surface area contributed by atoms with Crippen molar-refractivity contribution in [1.82, 2.24) is 0 Å². The molecule has 1 N–H and O–H groups in total. The monoisotopic (exact) mass is 199 g/mol. The third-order valence-electron chi connectivity index (χ3n) is 2.16. The van der Waals surface area contributed by atoms with Gasteiger partial charge in [0.05, 0.1) is 17.9 Å². The van der Waals surface area contributed by atoms with Gasteiger partial charge in [-0.3, -0.25) is 0 Å². The zero-order valence-corrected chi connectivity index (χ0v) is 7.59. The molecule has 4 heteroatoms. The van der Waals surface area contributed by atoms with Crippen molar-refractivity contribution >= 4 is 5.69 Å². The van der Waals surface area contributed by atoms with Crippen molar-refractivity contribution in [3.05, 3.63) is 23.8 Å². The van der Waals surface area contributed by atoms with Crippen LogP contribution in [0.2, 0.25) is 0 Å². The summed E-state index contributed by atoms with van der Waals surface area (Å²) in [6.45, 7) is 1.25. The van der Waals surface area contributed by atoms with Crippen molar-refractivity contribution in [2.45, 2.75) is 12.8 Å². The summed E-state index contributed by atoms with van der Waals surface area (Å²) < 4.78 is 30.5. The average molecular weight is 199 g/mol. The second-order valence-electron chi connectivity index (χ2n) is 3.15. The molecule has 0 atom stereocenters. The van der Waals surface area contributed by atoms with Crippen LogP contribution in [0.3, 0.4) is 0 Å². The van der Waals surface area contributed by atoms with E-state index in [0.29, 0.717) is 18.0 Å². The van der Waals surface area contributed by atoms with E-state index in [4.69, 9.17) is 4.74 Å². The molecule has 0 radical (unpaired) electrons. The maximum absolute atomic E-state index is 12.6. The van der Waals surface area contributed by atoms with E-state index in [1.165, 1.54) is 6.07 Å². The molecule has 1 aliphatic rings. The molecule has 0 aliphatic carbocycles. The van der Waals surface area contributed by atoms with Crippen LogP contribution in [0, 0.1) is 0 Å². The molecular weight excluding hydrogens is 188 g/mol. The van der Waals surface area contributed by atoms with Gasteiger partial charge < -0.3 is 10.1 Å². The van der Waals surface area contributed by atoms with Gasteiger partial charge in [0.2, 0.25) is 0 Å². The number of fused-ring (bicyclic) bond motifs is 1. The largest absolute Gasteiger partial charge is 0.491 e. The number of alkyl halides is 2. The van der Waals surface area contributed by atoms with Gasteiger partial charge >= 0.3 is 0 Å². The fraction of sp³-hybridized carbons (Fsp3) is 0.400. The first-order valence-corrected chi connectivity index (χ1v) is 4.57. The normalized spacial score (nSPS) is 15.4. The molecule has 0 saturated carbocycles. The number of para-hydroxylation sites is 1. The fourth-order valence-corrected chi connectivity index (χ4v) is 1.50. The van der Waals surface area contributed by atoms with Gasteiger partial charge in [-0.15, -0.1) is 0 Å². The van der Waals surface area contributed by atoms with Crippen LogP contribution in [-0.4, -0.2) is 13.2 Å². The molecule has 14 heavy (non-hydrogen) atoms. The van der Waals surface area contributed by atoms with Crippen LogP contribution in [0.25, 0.3) is 0 Å². The van der Waals surface area contributed by atoms with E-state index in [9.17, 15) is 8.78 Å². The molecule has 1 aliphatic heterocycles. The summed E-state index contributed by atoms with van der Waals surface area (Å²) in [5.41, 5.74) is 0.636. The first-order chi connectivity index (χ1) is 6.79. The van der Waals surface area contributed by atoms with Gasteiger partial charge in [0.15, 0.2) is 5.75 Å². The lowest BCUT2D eigenvalue weighted by Gasteiger charge is -2.11. The summed E-state index contributed by atoms with van der Waals surface area (Å²) in [4.78, 5) is 0. The fourth-order valence-electron chi connectivity index (χ4n) is 1.50. The van der Waals surface area contributed by atoms with Crippen LogP contribution in [0.4, 0.5) is 14.5 Å². The van der Waals surface area contributed by atoms with E-state index in [2.05, 4.69) is 5.32 Å². The molecule has 0 aromatic heterocycles. The molecule has 2 nitrogen and oxygen atoms in total. The third kappa shape index (κ3) is 1.64. The van der Waals surface area contributed by atoms with Crippen LogP contribution in [0.1, 0.15) is 18.4 Å². The molecule has 1 aromatic carbocycles. The molecule has 0 unspecified atom stereocenters. The lowest BCUT2D eigenvalue weighted by atomic mass is 10.2. The Morgan fingerprint density at radius 1 is 1.36 bits per heavy atom. The van der Waals surface area contributed by atoms with Gasteiger partial charge in [-0.2, -0.15) is 0 Å². The first-order valence-electron chi connectivity index (χ1n) is 4.57. The number of benzene rings is 1. The highest BCUT2D eigenvalue weighted by Gasteiger charge is 2.18. The Morgan fingerprint density at radius 3 is 3.00 bits per heavy atom. The van der Waals surface area contributed by atoms with Crippen LogP contribution in [0.15, 0.2) is 18.2 Å². The second kappa shape index (κ2) is 3.82. The Labute approximate surface area is 80.9 Å². The Bertz CT molecular complexity index is 328. The molecule has 2 rings (SSSR count). The molecule has 1 heterocycles. The first kappa shape index (κ1) is 9.24. The molecule has 0 spiro atoms. The standard InChI is InChI=1S/C10H11F2NO/c11-10(12)7-3-1-4-8-9(7)14-6-2-5-13-8/h1,3-4,10,13H,2,5-6H2. The summed E-state index contributed by atoms with van der Waals surface area (Å²) in [5, 5.41) is 3.06. The topological polar surface area (TPSA) is 21.3 Å². The van der Waals surface area contributed by atoms with Crippen LogP contribution in [0.5, 0.6) is 5.75 Å². The second-order valence-corrected chi connectivity index (χ2v) is 3.15. The van der Waals surface area contributed by atoms with Crippen molar-refractivity contribution in [2.24, 2.45) is 0 Å². The predicted octanol–water partition coefficient (Wildman–Crippen LogP) is 2.82. The van der Waals surface area contributed by atoms with E-state index in [1.807, 2.05) is 0 Å². The summed E-state index contributed by atoms with van der Waals surface area (Å²) in [6.07, 6.45) is -1.65. The zero-order valence-electron chi connectivity index (χ0n) is 7.59. The van der Waals surface area contributed by atoms with E-state index < -0.39 is 6.43 Å². The van der Waals surface area contributed by atoms with Gasteiger partial charge in [0.1, 0.15) is 0 Å². The minimum atomic E-state index is -2.48. The van der Waals surface area contributed by atoms with Gasteiger partial charge in [0.25, 0.3) is 6.43 Å². The van der Waals surface area contributed by atoms with E-state index in [1.54, 1.807) is 12.1 Å². The number of ether oxygens (including phenoxy) is 1. The van der Waals surface area contributed by atoms with Crippen molar-refractivity contribution in [2.75, 3.05) is 18.5 Å². The van der Waals surface area contributed by atoms with Crippen LogP contribution >= 0.6 is 0 Å². The molecule has 0 fully saturated rings. The number of halogens is 2. The zero-order chi connectivity index (χ0) is 9.97. The van der Waals surface area contributed by atoms with Crippen molar-refractivity contribution < 1.29 is 13.5 Å².